The lowest BCUT2D eigenvalue weighted by Crippen LogP contribution is -2.26. The first-order valence-corrected chi connectivity index (χ1v) is 6.22. The second kappa shape index (κ2) is 5.78. The van der Waals surface area contributed by atoms with E-state index in [9.17, 15) is 4.79 Å². The predicted octanol–water partition coefficient (Wildman–Crippen LogP) is 2.85. The number of rotatable bonds is 4. The van der Waals surface area contributed by atoms with E-state index in [0.717, 1.165) is 16.2 Å². The van der Waals surface area contributed by atoms with Crippen LogP contribution >= 0.6 is 12.6 Å². The lowest BCUT2D eigenvalue weighted by Gasteiger charge is -2.07. The largest absolute Gasteiger partial charge is 0.469 e. The summed E-state index contributed by atoms with van der Waals surface area (Å²) in [7, 11) is 0. The van der Waals surface area contributed by atoms with Gasteiger partial charge in [0.15, 0.2) is 0 Å². The zero-order chi connectivity index (χ0) is 13.0. The van der Waals surface area contributed by atoms with Crippen LogP contribution in [0.15, 0.2) is 45.9 Å². The summed E-state index contributed by atoms with van der Waals surface area (Å²) >= 11 is 4.24. The molecule has 0 fully saturated rings. The standard InChI is InChI=1S/C14H15NO2S/c1-10-4-5-12(18)9-13(10)14(16)15-7-6-11-3-2-8-17-11/h2-5,8-9,18H,6-7H2,1H3,(H,15,16). The molecule has 1 aromatic carbocycles. The van der Waals surface area contributed by atoms with Crippen LogP contribution in [0.25, 0.3) is 0 Å². The van der Waals surface area contributed by atoms with Gasteiger partial charge in [0.25, 0.3) is 5.91 Å². The van der Waals surface area contributed by atoms with Crippen LogP contribution in [0.1, 0.15) is 21.7 Å². The van der Waals surface area contributed by atoms with Gasteiger partial charge in [-0.1, -0.05) is 6.07 Å². The summed E-state index contributed by atoms with van der Waals surface area (Å²) in [6.07, 6.45) is 2.32. The first kappa shape index (κ1) is 12.8. The van der Waals surface area contributed by atoms with Crippen molar-refractivity contribution < 1.29 is 9.21 Å². The Morgan fingerprint density at radius 2 is 2.22 bits per heavy atom. The molecule has 2 rings (SSSR count). The number of thiol groups is 1. The van der Waals surface area contributed by atoms with E-state index >= 15 is 0 Å². The van der Waals surface area contributed by atoms with E-state index in [-0.39, 0.29) is 5.91 Å². The maximum Gasteiger partial charge on any atom is 0.251 e. The highest BCUT2D eigenvalue weighted by atomic mass is 32.1. The van der Waals surface area contributed by atoms with Crippen LogP contribution in [0.3, 0.4) is 0 Å². The summed E-state index contributed by atoms with van der Waals surface area (Å²) in [4.78, 5) is 12.8. The molecule has 4 heteroatoms. The molecule has 94 valence electrons. The Hall–Kier alpha value is -1.68. The molecule has 0 unspecified atom stereocenters. The number of carbonyl (C=O) groups is 1. The molecule has 0 bridgehead atoms. The average Bonchev–Trinajstić information content (AvgIpc) is 2.85. The molecular formula is C14H15NO2S. The number of hydrogen-bond acceptors (Lipinski definition) is 3. The van der Waals surface area contributed by atoms with Crippen LogP contribution in [0.4, 0.5) is 0 Å². The fraction of sp³-hybridized carbons (Fsp3) is 0.214. The molecule has 0 aliphatic heterocycles. The van der Waals surface area contributed by atoms with Gasteiger partial charge >= 0.3 is 0 Å². The Morgan fingerprint density at radius 3 is 2.94 bits per heavy atom. The van der Waals surface area contributed by atoms with Gasteiger partial charge < -0.3 is 9.73 Å². The van der Waals surface area contributed by atoms with Gasteiger partial charge in [0.1, 0.15) is 5.76 Å². The Bertz CT molecular complexity index is 535. The van der Waals surface area contributed by atoms with E-state index in [1.165, 1.54) is 0 Å². The van der Waals surface area contributed by atoms with Crippen LogP contribution < -0.4 is 5.32 Å². The van der Waals surface area contributed by atoms with Crippen LogP contribution in [0.5, 0.6) is 0 Å². The minimum absolute atomic E-state index is 0.0741. The Labute approximate surface area is 112 Å². The first-order valence-electron chi connectivity index (χ1n) is 5.77. The fourth-order valence-electron chi connectivity index (χ4n) is 1.70. The van der Waals surface area contributed by atoms with E-state index in [1.807, 2.05) is 31.2 Å². The highest BCUT2D eigenvalue weighted by Gasteiger charge is 2.08. The number of aryl methyl sites for hydroxylation is 1. The summed E-state index contributed by atoms with van der Waals surface area (Å²) in [5.74, 6) is 0.796. The van der Waals surface area contributed by atoms with Crippen LogP contribution in [0.2, 0.25) is 0 Å². The molecule has 0 spiro atoms. The molecule has 0 saturated carbocycles. The molecule has 3 nitrogen and oxygen atoms in total. The number of benzene rings is 1. The Balaban J connectivity index is 1.93. The molecule has 0 saturated heterocycles. The predicted molar refractivity (Wildman–Crippen MR) is 73.2 cm³/mol. The molecule has 1 N–H and O–H groups in total. The lowest BCUT2D eigenvalue weighted by molar-refractivity contribution is 0.0953. The second-order valence-electron chi connectivity index (χ2n) is 4.08. The van der Waals surface area contributed by atoms with Crippen molar-refractivity contribution in [2.24, 2.45) is 0 Å². The molecule has 1 amide bonds. The van der Waals surface area contributed by atoms with E-state index in [1.54, 1.807) is 12.3 Å². The SMILES string of the molecule is Cc1ccc(S)cc1C(=O)NCCc1ccco1. The van der Waals surface area contributed by atoms with Gasteiger partial charge in [0.05, 0.1) is 6.26 Å². The Kier molecular flexibility index (Phi) is 4.10. The number of hydrogen-bond donors (Lipinski definition) is 2. The molecule has 1 aromatic heterocycles. The monoisotopic (exact) mass is 261 g/mol. The fourth-order valence-corrected chi connectivity index (χ4v) is 1.91. The third kappa shape index (κ3) is 3.17. The van der Waals surface area contributed by atoms with Crippen molar-refractivity contribution in [3.63, 3.8) is 0 Å². The van der Waals surface area contributed by atoms with Crippen LogP contribution in [0, 0.1) is 6.92 Å². The highest BCUT2D eigenvalue weighted by molar-refractivity contribution is 7.80. The van der Waals surface area contributed by atoms with Crippen molar-refractivity contribution in [3.05, 3.63) is 53.5 Å². The van der Waals surface area contributed by atoms with Gasteiger partial charge in [0.2, 0.25) is 0 Å². The van der Waals surface area contributed by atoms with Gasteiger partial charge in [-0.15, -0.1) is 12.6 Å². The number of amides is 1. The topological polar surface area (TPSA) is 42.2 Å². The van der Waals surface area contributed by atoms with Crippen molar-refractivity contribution in [3.8, 4) is 0 Å². The first-order chi connectivity index (χ1) is 8.66. The summed E-state index contributed by atoms with van der Waals surface area (Å²) < 4.78 is 5.20. The minimum Gasteiger partial charge on any atom is -0.469 e. The van der Waals surface area contributed by atoms with Crippen molar-refractivity contribution in [1.82, 2.24) is 5.32 Å². The number of furan rings is 1. The molecule has 0 aliphatic rings. The zero-order valence-corrected chi connectivity index (χ0v) is 11.0. The molecule has 0 atom stereocenters. The highest BCUT2D eigenvalue weighted by Crippen LogP contribution is 2.13. The summed E-state index contributed by atoms with van der Waals surface area (Å²) in [6.45, 7) is 2.47. The summed E-state index contributed by atoms with van der Waals surface area (Å²) in [5, 5.41) is 2.87. The van der Waals surface area contributed by atoms with E-state index in [0.29, 0.717) is 18.5 Å². The van der Waals surface area contributed by atoms with Gasteiger partial charge in [-0.25, -0.2) is 0 Å². The average molecular weight is 261 g/mol. The molecular weight excluding hydrogens is 246 g/mol. The van der Waals surface area contributed by atoms with Crippen molar-refractivity contribution in [1.29, 1.82) is 0 Å². The van der Waals surface area contributed by atoms with Crippen molar-refractivity contribution in [2.45, 2.75) is 18.2 Å². The number of nitrogens with one attached hydrogen (secondary N) is 1. The third-order valence-corrected chi connectivity index (χ3v) is 2.98. The summed E-state index contributed by atoms with van der Waals surface area (Å²) in [6, 6.07) is 9.28. The zero-order valence-electron chi connectivity index (χ0n) is 10.1. The maximum atomic E-state index is 12.0. The van der Waals surface area contributed by atoms with Gasteiger partial charge in [0, 0.05) is 23.4 Å². The van der Waals surface area contributed by atoms with Gasteiger partial charge in [-0.2, -0.15) is 0 Å². The quantitative estimate of drug-likeness (QED) is 0.831. The van der Waals surface area contributed by atoms with Crippen LogP contribution in [-0.4, -0.2) is 12.5 Å². The van der Waals surface area contributed by atoms with E-state index in [2.05, 4.69) is 17.9 Å². The molecule has 2 aromatic rings. The van der Waals surface area contributed by atoms with Gasteiger partial charge in [-0.05, 0) is 36.8 Å². The Morgan fingerprint density at radius 1 is 1.39 bits per heavy atom. The maximum absolute atomic E-state index is 12.0. The third-order valence-electron chi connectivity index (χ3n) is 2.70. The van der Waals surface area contributed by atoms with Crippen molar-refractivity contribution in [2.75, 3.05) is 6.54 Å². The number of carbonyl (C=O) groups excluding carboxylic acids is 1. The molecule has 0 aliphatic carbocycles. The smallest absolute Gasteiger partial charge is 0.251 e. The van der Waals surface area contributed by atoms with Crippen LogP contribution in [-0.2, 0) is 6.42 Å². The minimum atomic E-state index is -0.0741. The van der Waals surface area contributed by atoms with E-state index < -0.39 is 0 Å². The molecule has 18 heavy (non-hydrogen) atoms. The molecule has 1 heterocycles. The second-order valence-corrected chi connectivity index (χ2v) is 4.60. The van der Waals surface area contributed by atoms with Gasteiger partial charge in [-0.3, -0.25) is 4.79 Å². The normalized spacial score (nSPS) is 10.3. The van der Waals surface area contributed by atoms with Crippen molar-refractivity contribution >= 4 is 18.5 Å². The lowest BCUT2D eigenvalue weighted by atomic mass is 10.1. The summed E-state index contributed by atoms with van der Waals surface area (Å²) in [5.41, 5.74) is 1.62. The molecule has 0 radical (unpaired) electrons. The van der Waals surface area contributed by atoms with E-state index in [4.69, 9.17) is 4.42 Å².